The van der Waals surface area contributed by atoms with Gasteiger partial charge in [-0.3, -0.25) is 0 Å². The highest BCUT2D eigenvalue weighted by atomic mass is 16.7. The zero-order valence-electron chi connectivity index (χ0n) is 15.8. The van der Waals surface area contributed by atoms with Crippen LogP contribution in [-0.2, 0) is 23.7 Å². The van der Waals surface area contributed by atoms with E-state index in [1.807, 2.05) is 0 Å². The molecule has 0 spiro atoms. The first-order valence-corrected chi connectivity index (χ1v) is 9.49. The van der Waals surface area contributed by atoms with Crippen molar-refractivity contribution < 1.29 is 59.5 Å². The summed E-state index contributed by atoms with van der Waals surface area (Å²) in [5.41, 5.74) is 0. The van der Waals surface area contributed by atoms with E-state index in [0.29, 0.717) is 19.3 Å². The van der Waals surface area contributed by atoms with Crippen molar-refractivity contribution in [3.8, 4) is 0 Å². The summed E-state index contributed by atoms with van der Waals surface area (Å²) >= 11 is 0. The number of carbonyl (C=O) groups is 1. The number of carbonyl (C=O) groups excluding carboxylic acids is 1. The molecule has 10 atom stereocenters. The summed E-state index contributed by atoms with van der Waals surface area (Å²) in [7, 11) is 0. The number of aldehydes is 1. The minimum Gasteiger partial charge on any atom is -0.394 e. The van der Waals surface area contributed by atoms with Crippen molar-refractivity contribution in [1.29, 1.82) is 0 Å². The van der Waals surface area contributed by atoms with Gasteiger partial charge >= 0.3 is 0 Å². The smallest absolute Gasteiger partial charge is 0.187 e. The lowest BCUT2D eigenvalue weighted by atomic mass is 9.97. The zero-order chi connectivity index (χ0) is 21.6. The number of aliphatic hydroxyl groups excluding tert-OH is 7. The molecule has 2 aliphatic rings. The lowest BCUT2D eigenvalue weighted by molar-refractivity contribution is -0.359. The minimum atomic E-state index is -1.72. The van der Waals surface area contributed by atoms with Gasteiger partial charge in [0.05, 0.1) is 13.2 Å². The number of rotatable bonds is 10. The third-order valence-electron chi connectivity index (χ3n) is 4.96. The average Bonchev–Trinajstić information content (AvgIpc) is 2.72. The molecule has 7 N–H and O–H groups in total. The Morgan fingerprint density at radius 3 is 2.00 bits per heavy atom. The molecule has 0 bridgehead atoms. The lowest BCUT2D eigenvalue weighted by Crippen LogP contribution is -2.64. The van der Waals surface area contributed by atoms with E-state index >= 15 is 0 Å². The SMILES string of the molecule is O=CCCCCO[C@@H]1O[C@H](CO)[C@@H](O[C@@H]2O[C@H](CO)[C@H](O)[C@H](O)[C@H]2O)[C@H](O)[C@H]1O. The fraction of sp³-hybridized carbons (Fsp3) is 0.941. The molecule has 2 aliphatic heterocycles. The first-order valence-electron chi connectivity index (χ1n) is 9.49. The molecule has 12 heteroatoms. The van der Waals surface area contributed by atoms with Gasteiger partial charge in [0.15, 0.2) is 12.6 Å². The predicted octanol–water partition coefficient (Wildman–Crippen LogP) is -4.00. The van der Waals surface area contributed by atoms with E-state index < -0.39 is 74.6 Å². The maximum atomic E-state index is 10.4. The summed E-state index contributed by atoms with van der Waals surface area (Å²) in [6.45, 7) is -1.14. The van der Waals surface area contributed by atoms with Gasteiger partial charge in [-0.05, 0) is 12.8 Å². The van der Waals surface area contributed by atoms with Crippen LogP contribution in [0.3, 0.4) is 0 Å². The Morgan fingerprint density at radius 1 is 0.759 bits per heavy atom. The van der Waals surface area contributed by atoms with Crippen molar-refractivity contribution in [2.24, 2.45) is 0 Å². The highest BCUT2D eigenvalue weighted by Crippen LogP contribution is 2.29. The highest BCUT2D eigenvalue weighted by Gasteiger charge is 2.50. The van der Waals surface area contributed by atoms with Crippen LogP contribution in [0.1, 0.15) is 19.3 Å². The summed E-state index contributed by atoms with van der Waals surface area (Å²) in [5.74, 6) is 0. The van der Waals surface area contributed by atoms with Crippen LogP contribution >= 0.6 is 0 Å². The number of aliphatic hydroxyl groups is 7. The van der Waals surface area contributed by atoms with Gasteiger partial charge in [0.1, 0.15) is 55.1 Å². The molecule has 2 saturated heterocycles. The van der Waals surface area contributed by atoms with Gasteiger partial charge in [-0.2, -0.15) is 0 Å². The summed E-state index contributed by atoms with van der Waals surface area (Å²) in [6.07, 6.45) is -12.5. The van der Waals surface area contributed by atoms with Crippen molar-refractivity contribution in [3.63, 3.8) is 0 Å². The van der Waals surface area contributed by atoms with Crippen LogP contribution in [0.5, 0.6) is 0 Å². The van der Waals surface area contributed by atoms with Crippen molar-refractivity contribution in [3.05, 3.63) is 0 Å². The predicted molar refractivity (Wildman–Crippen MR) is 92.3 cm³/mol. The first kappa shape index (κ1) is 24.5. The summed E-state index contributed by atoms with van der Waals surface area (Å²) in [6, 6.07) is 0. The second-order valence-corrected chi connectivity index (χ2v) is 7.04. The molecular weight excluding hydrogens is 396 g/mol. The van der Waals surface area contributed by atoms with Crippen LogP contribution in [0.25, 0.3) is 0 Å². The third kappa shape index (κ3) is 5.89. The van der Waals surface area contributed by atoms with Gasteiger partial charge in [0, 0.05) is 13.0 Å². The maximum absolute atomic E-state index is 10.4. The molecule has 0 aromatic carbocycles. The minimum absolute atomic E-state index is 0.151. The normalized spacial score (nSPS) is 43.3. The fourth-order valence-electron chi connectivity index (χ4n) is 3.22. The Labute approximate surface area is 167 Å². The van der Waals surface area contributed by atoms with Gasteiger partial charge in [-0.1, -0.05) is 0 Å². The molecule has 29 heavy (non-hydrogen) atoms. The molecule has 170 valence electrons. The van der Waals surface area contributed by atoms with Crippen LogP contribution in [0.2, 0.25) is 0 Å². The van der Waals surface area contributed by atoms with Gasteiger partial charge < -0.3 is 59.5 Å². The molecule has 0 unspecified atom stereocenters. The van der Waals surface area contributed by atoms with Gasteiger partial charge in [-0.25, -0.2) is 0 Å². The van der Waals surface area contributed by atoms with Crippen molar-refractivity contribution >= 4 is 6.29 Å². The quantitative estimate of drug-likeness (QED) is 0.132. The molecule has 12 nitrogen and oxygen atoms in total. The maximum Gasteiger partial charge on any atom is 0.187 e. The summed E-state index contributed by atoms with van der Waals surface area (Å²) < 4.78 is 21.5. The molecule has 2 fully saturated rings. The summed E-state index contributed by atoms with van der Waals surface area (Å²) in [5, 5.41) is 69.2. The fourth-order valence-corrected chi connectivity index (χ4v) is 3.22. The third-order valence-corrected chi connectivity index (χ3v) is 4.96. The first-order chi connectivity index (χ1) is 13.8. The second kappa shape index (κ2) is 11.6. The molecular formula is C17H30O12. The molecule has 0 saturated carbocycles. The van der Waals surface area contributed by atoms with Crippen LogP contribution in [0.4, 0.5) is 0 Å². The van der Waals surface area contributed by atoms with Crippen molar-refractivity contribution in [2.75, 3.05) is 19.8 Å². The molecule has 0 aromatic heterocycles. The largest absolute Gasteiger partial charge is 0.394 e. The molecule has 0 radical (unpaired) electrons. The Balaban J connectivity index is 1.99. The van der Waals surface area contributed by atoms with E-state index in [-0.39, 0.29) is 6.61 Å². The van der Waals surface area contributed by atoms with E-state index in [1.54, 1.807) is 0 Å². The molecule has 0 amide bonds. The Hall–Kier alpha value is -0.770. The number of ether oxygens (including phenoxy) is 4. The van der Waals surface area contributed by atoms with Gasteiger partial charge in [0.25, 0.3) is 0 Å². The van der Waals surface area contributed by atoms with E-state index in [1.165, 1.54) is 0 Å². The molecule has 0 aliphatic carbocycles. The van der Waals surface area contributed by atoms with Crippen LogP contribution in [0.15, 0.2) is 0 Å². The van der Waals surface area contributed by atoms with E-state index in [4.69, 9.17) is 18.9 Å². The van der Waals surface area contributed by atoms with Gasteiger partial charge in [0.2, 0.25) is 0 Å². The monoisotopic (exact) mass is 426 g/mol. The van der Waals surface area contributed by atoms with Gasteiger partial charge in [-0.15, -0.1) is 0 Å². The summed E-state index contributed by atoms with van der Waals surface area (Å²) in [4.78, 5) is 10.3. The Kier molecular flexibility index (Phi) is 9.78. The van der Waals surface area contributed by atoms with Crippen molar-refractivity contribution in [1.82, 2.24) is 0 Å². The molecule has 2 heterocycles. The average molecular weight is 426 g/mol. The highest BCUT2D eigenvalue weighted by molar-refractivity contribution is 5.48. The Bertz CT molecular complexity index is 489. The second-order valence-electron chi connectivity index (χ2n) is 7.04. The molecule has 2 rings (SSSR count). The molecule has 0 aromatic rings. The number of hydrogen-bond acceptors (Lipinski definition) is 12. The topological polar surface area (TPSA) is 196 Å². The van der Waals surface area contributed by atoms with Crippen LogP contribution in [-0.4, -0.2) is 123 Å². The number of hydrogen-bond donors (Lipinski definition) is 7. The van der Waals surface area contributed by atoms with E-state index in [0.717, 1.165) is 6.29 Å². The Morgan fingerprint density at radius 2 is 1.38 bits per heavy atom. The number of unbranched alkanes of at least 4 members (excludes halogenated alkanes) is 2. The standard InChI is InChI=1S/C17H30O12/c18-4-2-1-3-5-26-16-14(25)12(23)15(9(7-20)28-16)29-17-13(24)11(22)10(21)8(6-19)27-17/h4,8-17,19-25H,1-3,5-7H2/t8-,9-,10+,11+,12-,13-,14-,15-,16-,17+/m1/s1. The van der Waals surface area contributed by atoms with Crippen LogP contribution in [0, 0.1) is 0 Å². The van der Waals surface area contributed by atoms with E-state index in [9.17, 15) is 40.5 Å². The lowest BCUT2D eigenvalue weighted by Gasteiger charge is -2.45. The van der Waals surface area contributed by atoms with Crippen molar-refractivity contribution in [2.45, 2.75) is 80.7 Å². The van der Waals surface area contributed by atoms with E-state index in [2.05, 4.69) is 0 Å². The zero-order valence-corrected chi connectivity index (χ0v) is 15.8. The van der Waals surface area contributed by atoms with Crippen LogP contribution < -0.4 is 0 Å².